The molecule has 0 bridgehead atoms. The number of esters is 1. The first-order valence-corrected chi connectivity index (χ1v) is 9.51. The highest BCUT2D eigenvalue weighted by Crippen LogP contribution is 2.27. The van der Waals surface area contributed by atoms with Crippen molar-refractivity contribution in [2.24, 2.45) is 0 Å². The molecule has 0 heterocycles. The van der Waals surface area contributed by atoms with Crippen molar-refractivity contribution in [3.8, 4) is 5.75 Å². The highest BCUT2D eigenvalue weighted by Gasteiger charge is 2.32. The lowest BCUT2D eigenvalue weighted by Gasteiger charge is -2.18. The van der Waals surface area contributed by atoms with E-state index in [4.69, 9.17) is 0 Å². The van der Waals surface area contributed by atoms with Crippen LogP contribution < -0.4 is 9.46 Å². The molecule has 0 saturated carbocycles. The minimum atomic E-state index is -4.89. The van der Waals surface area contributed by atoms with Gasteiger partial charge in [0.25, 0.3) is 0 Å². The van der Waals surface area contributed by atoms with Gasteiger partial charge in [0.15, 0.2) is 0 Å². The van der Waals surface area contributed by atoms with Crippen molar-refractivity contribution in [2.75, 3.05) is 7.11 Å². The van der Waals surface area contributed by atoms with Crippen LogP contribution in [0.3, 0.4) is 0 Å². The van der Waals surface area contributed by atoms with Gasteiger partial charge in [0.2, 0.25) is 10.0 Å². The van der Waals surface area contributed by atoms with Gasteiger partial charge in [0, 0.05) is 4.47 Å². The number of sulfonamides is 1. The standard InChI is InChI=1S/C16H13BrF3NO5S/c1-25-15(22)14(12-4-2-3-5-13(12)17)21-27(23,24)11-8-6-10(7-9-11)26-16(18,19)20/h2-9,14,21H,1H3. The predicted molar refractivity (Wildman–Crippen MR) is 92.3 cm³/mol. The molecule has 1 unspecified atom stereocenters. The quantitative estimate of drug-likeness (QED) is 0.657. The Morgan fingerprint density at radius 1 is 1.11 bits per heavy atom. The molecule has 2 rings (SSSR count). The molecule has 2 aromatic carbocycles. The smallest absolute Gasteiger partial charge is 0.468 e. The number of hydrogen-bond donors (Lipinski definition) is 1. The zero-order valence-electron chi connectivity index (χ0n) is 13.7. The number of halogens is 4. The second-order valence-corrected chi connectivity index (χ2v) is 7.69. The van der Waals surface area contributed by atoms with Gasteiger partial charge in [-0.2, -0.15) is 4.72 Å². The van der Waals surface area contributed by atoms with Crippen molar-refractivity contribution in [1.82, 2.24) is 4.72 Å². The van der Waals surface area contributed by atoms with Crippen LogP contribution in [0.5, 0.6) is 5.75 Å². The van der Waals surface area contributed by atoms with E-state index in [9.17, 15) is 26.4 Å². The average molecular weight is 468 g/mol. The Morgan fingerprint density at radius 2 is 1.70 bits per heavy atom. The molecule has 0 saturated heterocycles. The second-order valence-electron chi connectivity index (χ2n) is 5.12. The minimum Gasteiger partial charge on any atom is -0.468 e. The molecule has 6 nitrogen and oxygen atoms in total. The third-order valence-corrected chi connectivity index (χ3v) is 5.45. The van der Waals surface area contributed by atoms with Gasteiger partial charge in [-0.25, -0.2) is 13.2 Å². The fraction of sp³-hybridized carbons (Fsp3) is 0.188. The second kappa shape index (κ2) is 8.28. The molecule has 0 aliphatic heterocycles. The molecule has 1 N–H and O–H groups in total. The van der Waals surface area contributed by atoms with E-state index in [0.29, 0.717) is 10.0 Å². The number of rotatable bonds is 6. The van der Waals surface area contributed by atoms with Crippen LogP contribution in [0.1, 0.15) is 11.6 Å². The fourth-order valence-corrected chi connectivity index (χ4v) is 3.79. The fourth-order valence-electron chi connectivity index (χ4n) is 2.11. The molecule has 1 atom stereocenters. The first-order valence-electron chi connectivity index (χ1n) is 7.24. The molecule has 0 radical (unpaired) electrons. The zero-order chi connectivity index (χ0) is 20.2. The summed E-state index contributed by atoms with van der Waals surface area (Å²) in [5.41, 5.74) is 0.310. The molecule has 27 heavy (non-hydrogen) atoms. The lowest BCUT2D eigenvalue weighted by molar-refractivity contribution is -0.274. The minimum absolute atomic E-state index is 0.310. The predicted octanol–water partition coefficient (Wildman–Crippen LogP) is 3.54. The van der Waals surface area contributed by atoms with Crippen molar-refractivity contribution < 1.29 is 35.9 Å². The largest absolute Gasteiger partial charge is 0.573 e. The Bertz CT molecular complexity index is 916. The number of carbonyl (C=O) groups excluding carboxylic acids is 1. The Hall–Kier alpha value is -2.11. The highest BCUT2D eigenvalue weighted by atomic mass is 79.9. The summed E-state index contributed by atoms with van der Waals surface area (Å²) < 4.78 is 72.7. The van der Waals surface area contributed by atoms with Crippen LogP contribution >= 0.6 is 15.9 Å². The molecular formula is C16H13BrF3NO5S. The summed E-state index contributed by atoms with van der Waals surface area (Å²) >= 11 is 3.23. The van der Waals surface area contributed by atoms with E-state index in [2.05, 4.69) is 30.1 Å². The van der Waals surface area contributed by atoms with Crippen LogP contribution in [0.15, 0.2) is 57.9 Å². The maximum absolute atomic E-state index is 12.5. The molecule has 0 aliphatic rings. The Morgan fingerprint density at radius 3 is 2.22 bits per heavy atom. The molecule has 0 spiro atoms. The Kier molecular flexibility index (Phi) is 6.50. The van der Waals surface area contributed by atoms with Crippen LogP contribution in [0.2, 0.25) is 0 Å². The normalized spacial score (nSPS) is 13.1. The monoisotopic (exact) mass is 467 g/mol. The topological polar surface area (TPSA) is 81.7 Å². The third-order valence-electron chi connectivity index (χ3n) is 3.29. The van der Waals surface area contributed by atoms with Crippen molar-refractivity contribution in [1.29, 1.82) is 0 Å². The summed E-state index contributed by atoms with van der Waals surface area (Å²) in [6.07, 6.45) is -4.89. The summed E-state index contributed by atoms with van der Waals surface area (Å²) in [6.45, 7) is 0. The van der Waals surface area contributed by atoms with Gasteiger partial charge in [0.05, 0.1) is 12.0 Å². The van der Waals surface area contributed by atoms with E-state index in [1.54, 1.807) is 18.2 Å². The third kappa shape index (κ3) is 5.68. The van der Waals surface area contributed by atoms with Gasteiger partial charge in [-0.05, 0) is 35.9 Å². The van der Waals surface area contributed by atoms with Crippen molar-refractivity contribution in [2.45, 2.75) is 17.3 Å². The van der Waals surface area contributed by atoms with Crippen LogP contribution in [-0.2, 0) is 19.6 Å². The van der Waals surface area contributed by atoms with Gasteiger partial charge in [-0.15, -0.1) is 13.2 Å². The van der Waals surface area contributed by atoms with E-state index < -0.39 is 34.1 Å². The van der Waals surface area contributed by atoms with Gasteiger partial charge >= 0.3 is 12.3 Å². The summed E-state index contributed by atoms with van der Waals surface area (Å²) in [6, 6.07) is 8.62. The SMILES string of the molecule is COC(=O)C(NS(=O)(=O)c1ccc(OC(F)(F)F)cc1)c1ccccc1Br. The van der Waals surface area contributed by atoms with E-state index in [1.165, 1.54) is 6.07 Å². The van der Waals surface area contributed by atoms with Crippen molar-refractivity contribution >= 4 is 31.9 Å². The number of ether oxygens (including phenoxy) is 2. The number of alkyl halides is 3. The number of methoxy groups -OCH3 is 1. The van der Waals surface area contributed by atoms with Gasteiger partial charge in [0.1, 0.15) is 11.8 Å². The highest BCUT2D eigenvalue weighted by molar-refractivity contribution is 9.10. The Labute approximate surface area is 161 Å². The van der Waals surface area contributed by atoms with Gasteiger partial charge < -0.3 is 9.47 Å². The summed E-state index contributed by atoms with van der Waals surface area (Å²) in [7, 11) is -3.15. The van der Waals surface area contributed by atoms with Crippen molar-refractivity contribution in [3.05, 3.63) is 58.6 Å². The molecule has 0 fully saturated rings. The maximum Gasteiger partial charge on any atom is 0.573 e. The molecule has 2 aromatic rings. The average Bonchev–Trinajstić information content (AvgIpc) is 2.59. The molecule has 0 amide bonds. The van der Waals surface area contributed by atoms with E-state index in [1.807, 2.05) is 0 Å². The van der Waals surface area contributed by atoms with Gasteiger partial charge in [-0.1, -0.05) is 34.1 Å². The lowest BCUT2D eigenvalue weighted by Crippen LogP contribution is -2.34. The molecule has 11 heteroatoms. The number of carbonyl (C=O) groups is 1. The van der Waals surface area contributed by atoms with E-state index in [0.717, 1.165) is 31.4 Å². The summed E-state index contributed by atoms with van der Waals surface area (Å²) in [4.78, 5) is 11.7. The number of hydrogen-bond acceptors (Lipinski definition) is 5. The van der Waals surface area contributed by atoms with Crippen molar-refractivity contribution in [3.63, 3.8) is 0 Å². The van der Waals surface area contributed by atoms with Gasteiger partial charge in [-0.3, -0.25) is 0 Å². The van der Waals surface area contributed by atoms with Crippen LogP contribution in [0, 0.1) is 0 Å². The number of benzene rings is 2. The summed E-state index contributed by atoms with van der Waals surface area (Å²) in [5, 5.41) is 0. The lowest BCUT2D eigenvalue weighted by atomic mass is 10.1. The van der Waals surface area contributed by atoms with E-state index in [-0.39, 0.29) is 4.90 Å². The first-order chi connectivity index (χ1) is 12.5. The summed E-state index contributed by atoms with van der Waals surface area (Å²) in [5.74, 6) is -1.43. The Balaban J connectivity index is 2.31. The molecular weight excluding hydrogens is 455 g/mol. The van der Waals surface area contributed by atoms with Crippen LogP contribution in [0.4, 0.5) is 13.2 Å². The first kappa shape index (κ1) is 21.2. The van der Waals surface area contributed by atoms with Crippen LogP contribution in [-0.4, -0.2) is 27.9 Å². The number of nitrogens with one attached hydrogen (secondary N) is 1. The molecule has 146 valence electrons. The molecule has 0 aromatic heterocycles. The van der Waals surface area contributed by atoms with E-state index >= 15 is 0 Å². The van der Waals surface area contributed by atoms with Crippen LogP contribution in [0.25, 0.3) is 0 Å². The maximum atomic E-state index is 12.5. The molecule has 0 aliphatic carbocycles. The zero-order valence-corrected chi connectivity index (χ0v) is 16.1.